The molecule has 1 saturated carbocycles. The molecule has 0 spiro atoms. The van der Waals surface area contributed by atoms with Gasteiger partial charge in [-0.2, -0.15) is 5.10 Å². The van der Waals surface area contributed by atoms with E-state index in [1.54, 1.807) is 0 Å². The molecule has 0 radical (unpaired) electrons. The first-order chi connectivity index (χ1) is 5.84. The van der Waals surface area contributed by atoms with Crippen molar-refractivity contribution in [3.63, 3.8) is 0 Å². The number of rotatable bonds is 3. The molecular weight excluding hydrogens is 150 g/mol. The largest absolute Gasteiger partial charge is 0.382 e. The van der Waals surface area contributed by atoms with Gasteiger partial charge in [0.1, 0.15) is 0 Å². The summed E-state index contributed by atoms with van der Waals surface area (Å²) in [4.78, 5) is 0. The third-order valence-electron chi connectivity index (χ3n) is 2.52. The van der Waals surface area contributed by atoms with Crippen LogP contribution in [0.3, 0.4) is 0 Å². The van der Waals surface area contributed by atoms with Gasteiger partial charge in [-0.1, -0.05) is 6.42 Å². The van der Waals surface area contributed by atoms with E-state index in [4.69, 9.17) is 0 Å². The lowest BCUT2D eigenvalue weighted by Gasteiger charge is -2.25. The minimum Gasteiger partial charge on any atom is -0.382 e. The van der Waals surface area contributed by atoms with Crippen LogP contribution in [-0.4, -0.2) is 16.3 Å². The van der Waals surface area contributed by atoms with Crippen LogP contribution in [0.5, 0.6) is 0 Å². The molecule has 1 aromatic rings. The molecule has 0 amide bonds. The number of anilines is 1. The summed E-state index contributed by atoms with van der Waals surface area (Å²) in [6.07, 6.45) is 8.09. The maximum atomic E-state index is 4.09. The number of hydrogen-bond donors (Lipinski definition) is 1. The van der Waals surface area contributed by atoms with Gasteiger partial charge in [-0.3, -0.25) is 4.68 Å². The molecule has 0 aliphatic heterocycles. The second kappa shape index (κ2) is 3.17. The second-order valence-corrected chi connectivity index (χ2v) is 3.58. The van der Waals surface area contributed by atoms with Crippen LogP contribution in [0, 0.1) is 5.92 Å². The fourth-order valence-electron chi connectivity index (χ4n) is 1.47. The molecule has 0 bridgehead atoms. The molecule has 1 aliphatic rings. The molecule has 0 atom stereocenters. The third-order valence-corrected chi connectivity index (χ3v) is 2.52. The molecule has 66 valence electrons. The zero-order chi connectivity index (χ0) is 8.39. The molecule has 1 fully saturated rings. The van der Waals surface area contributed by atoms with E-state index < -0.39 is 0 Å². The van der Waals surface area contributed by atoms with Gasteiger partial charge < -0.3 is 5.32 Å². The van der Waals surface area contributed by atoms with Crippen LogP contribution in [0.15, 0.2) is 12.4 Å². The zero-order valence-electron chi connectivity index (χ0n) is 7.45. The first-order valence-corrected chi connectivity index (χ1v) is 4.57. The maximum Gasteiger partial charge on any atom is 0.0726 e. The molecule has 1 N–H and O–H groups in total. The average molecular weight is 165 g/mol. The minimum absolute atomic E-state index is 0.908. The highest BCUT2D eigenvalue weighted by molar-refractivity contribution is 5.37. The summed E-state index contributed by atoms with van der Waals surface area (Å²) in [7, 11) is 1.94. The smallest absolute Gasteiger partial charge is 0.0726 e. The van der Waals surface area contributed by atoms with Crippen molar-refractivity contribution in [2.75, 3.05) is 11.9 Å². The van der Waals surface area contributed by atoms with Gasteiger partial charge in [-0.15, -0.1) is 0 Å². The SMILES string of the molecule is Cn1cc(NCC2CCC2)cn1. The fourth-order valence-corrected chi connectivity index (χ4v) is 1.47. The predicted molar refractivity (Wildman–Crippen MR) is 49.0 cm³/mol. The van der Waals surface area contributed by atoms with Crippen LogP contribution >= 0.6 is 0 Å². The second-order valence-electron chi connectivity index (χ2n) is 3.58. The first-order valence-electron chi connectivity index (χ1n) is 4.57. The normalized spacial score (nSPS) is 17.4. The third kappa shape index (κ3) is 1.60. The highest BCUT2D eigenvalue weighted by Crippen LogP contribution is 2.26. The summed E-state index contributed by atoms with van der Waals surface area (Å²) < 4.78 is 1.82. The molecule has 0 aromatic carbocycles. The van der Waals surface area contributed by atoms with Crippen LogP contribution in [0.1, 0.15) is 19.3 Å². The molecule has 3 heteroatoms. The Labute approximate surface area is 72.8 Å². The lowest BCUT2D eigenvalue weighted by Crippen LogP contribution is -2.20. The summed E-state index contributed by atoms with van der Waals surface area (Å²) in [5, 5.41) is 7.48. The van der Waals surface area contributed by atoms with Gasteiger partial charge in [0.2, 0.25) is 0 Å². The van der Waals surface area contributed by atoms with Crippen molar-refractivity contribution < 1.29 is 0 Å². The molecule has 1 heterocycles. The molecule has 2 rings (SSSR count). The van der Waals surface area contributed by atoms with Crippen LogP contribution in [0.2, 0.25) is 0 Å². The lowest BCUT2D eigenvalue weighted by atomic mass is 9.85. The molecular formula is C9H15N3. The average Bonchev–Trinajstić information content (AvgIpc) is 2.32. The van der Waals surface area contributed by atoms with Crippen molar-refractivity contribution in [2.24, 2.45) is 13.0 Å². The zero-order valence-corrected chi connectivity index (χ0v) is 7.45. The Morgan fingerprint density at radius 3 is 3.00 bits per heavy atom. The van der Waals surface area contributed by atoms with Gasteiger partial charge >= 0.3 is 0 Å². The summed E-state index contributed by atoms with van der Waals surface area (Å²) in [5.74, 6) is 0.908. The number of nitrogens with one attached hydrogen (secondary N) is 1. The van der Waals surface area contributed by atoms with E-state index in [9.17, 15) is 0 Å². The molecule has 0 unspecified atom stereocenters. The van der Waals surface area contributed by atoms with Gasteiger partial charge in [-0.05, 0) is 18.8 Å². The minimum atomic E-state index is 0.908. The van der Waals surface area contributed by atoms with Gasteiger partial charge in [0.15, 0.2) is 0 Å². The van der Waals surface area contributed by atoms with Gasteiger partial charge in [-0.25, -0.2) is 0 Å². The van der Waals surface area contributed by atoms with Crippen molar-refractivity contribution in [3.05, 3.63) is 12.4 Å². The number of aromatic nitrogens is 2. The highest BCUT2D eigenvalue weighted by atomic mass is 15.3. The molecule has 12 heavy (non-hydrogen) atoms. The van der Waals surface area contributed by atoms with Crippen molar-refractivity contribution in [3.8, 4) is 0 Å². The Balaban J connectivity index is 1.79. The number of aryl methyl sites for hydroxylation is 1. The lowest BCUT2D eigenvalue weighted by molar-refractivity contribution is 0.333. The van der Waals surface area contributed by atoms with E-state index in [1.165, 1.54) is 19.3 Å². The Morgan fingerprint density at radius 1 is 1.67 bits per heavy atom. The standard InChI is InChI=1S/C9H15N3/c1-12-7-9(6-11-12)10-5-8-3-2-4-8/h6-8,10H,2-5H2,1H3. The quantitative estimate of drug-likeness (QED) is 0.737. The van der Waals surface area contributed by atoms with Crippen LogP contribution in [0.4, 0.5) is 5.69 Å². The number of hydrogen-bond acceptors (Lipinski definition) is 2. The van der Waals surface area contributed by atoms with Crippen LogP contribution in [-0.2, 0) is 7.05 Å². The van der Waals surface area contributed by atoms with Crippen molar-refractivity contribution in [1.29, 1.82) is 0 Å². The van der Waals surface area contributed by atoms with E-state index in [1.807, 2.05) is 24.1 Å². The van der Waals surface area contributed by atoms with Gasteiger partial charge in [0.05, 0.1) is 11.9 Å². The van der Waals surface area contributed by atoms with Crippen LogP contribution < -0.4 is 5.32 Å². The molecule has 0 saturated heterocycles. The summed E-state index contributed by atoms with van der Waals surface area (Å²) >= 11 is 0. The van der Waals surface area contributed by atoms with Crippen molar-refractivity contribution in [2.45, 2.75) is 19.3 Å². The summed E-state index contributed by atoms with van der Waals surface area (Å²) in [5.41, 5.74) is 1.14. The predicted octanol–water partition coefficient (Wildman–Crippen LogP) is 1.63. The summed E-state index contributed by atoms with van der Waals surface area (Å²) in [6.45, 7) is 1.12. The highest BCUT2D eigenvalue weighted by Gasteiger charge is 2.16. The summed E-state index contributed by atoms with van der Waals surface area (Å²) in [6, 6.07) is 0. The molecule has 3 nitrogen and oxygen atoms in total. The topological polar surface area (TPSA) is 29.9 Å². The van der Waals surface area contributed by atoms with Crippen molar-refractivity contribution >= 4 is 5.69 Å². The van der Waals surface area contributed by atoms with Crippen LogP contribution in [0.25, 0.3) is 0 Å². The van der Waals surface area contributed by atoms with Crippen molar-refractivity contribution in [1.82, 2.24) is 9.78 Å². The first kappa shape index (κ1) is 7.65. The van der Waals surface area contributed by atoms with E-state index in [-0.39, 0.29) is 0 Å². The monoisotopic (exact) mass is 165 g/mol. The Kier molecular flexibility index (Phi) is 2.02. The Morgan fingerprint density at radius 2 is 2.50 bits per heavy atom. The molecule has 1 aliphatic carbocycles. The Bertz CT molecular complexity index is 250. The van der Waals surface area contributed by atoms with E-state index in [2.05, 4.69) is 10.4 Å². The maximum absolute atomic E-state index is 4.09. The Hall–Kier alpha value is -0.990. The van der Waals surface area contributed by atoms with E-state index in [0.29, 0.717) is 0 Å². The van der Waals surface area contributed by atoms with E-state index in [0.717, 1.165) is 18.2 Å². The van der Waals surface area contributed by atoms with Gasteiger partial charge in [0, 0.05) is 19.8 Å². The number of nitrogens with zero attached hydrogens (tertiary/aromatic N) is 2. The van der Waals surface area contributed by atoms with Gasteiger partial charge in [0.25, 0.3) is 0 Å². The van der Waals surface area contributed by atoms with E-state index >= 15 is 0 Å². The fraction of sp³-hybridized carbons (Fsp3) is 0.667. The molecule has 1 aromatic heterocycles.